The Bertz CT molecular complexity index is 902. The topological polar surface area (TPSA) is 81.9 Å². The van der Waals surface area contributed by atoms with Crippen molar-refractivity contribution in [3.05, 3.63) is 59.5 Å². The van der Waals surface area contributed by atoms with Gasteiger partial charge in [-0.25, -0.2) is 4.98 Å². The van der Waals surface area contributed by atoms with Gasteiger partial charge in [-0.3, -0.25) is 9.36 Å². The summed E-state index contributed by atoms with van der Waals surface area (Å²) in [6.07, 6.45) is 3.23. The minimum absolute atomic E-state index is 0.105. The van der Waals surface area contributed by atoms with Crippen LogP contribution >= 0.6 is 23.4 Å². The number of amides is 1. The summed E-state index contributed by atoms with van der Waals surface area (Å²) in [5, 5.41) is 12.1. The number of ether oxygens (including phenoxy) is 1. The van der Waals surface area contributed by atoms with Crippen molar-refractivity contribution >= 4 is 29.3 Å². The standard InChI is InChI=1S/C17H16ClN5O2S/c1-25-16-7-12(5-6-19-16)9-20-15(24)10-26-17-22-21-11-23(17)14-4-2-3-13(18)8-14/h2-8,11H,9-10H2,1H3,(H,20,24). The molecule has 0 spiro atoms. The molecular weight excluding hydrogens is 374 g/mol. The van der Waals surface area contributed by atoms with Gasteiger partial charge in [0, 0.05) is 23.8 Å². The minimum atomic E-state index is -0.105. The summed E-state index contributed by atoms with van der Waals surface area (Å²) in [5.41, 5.74) is 1.76. The molecule has 0 unspecified atom stereocenters. The van der Waals surface area contributed by atoms with Crippen molar-refractivity contribution in [2.45, 2.75) is 11.7 Å². The van der Waals surface area contributed by atoms with E-state index in [1.54, 1.807) is 36.3 Å². The molecule has 1 amide bonds. The van der Waals surface area contributed by atoms with Crippen LogP contribution in [0.2, 0.25) is 5.02 Å². The lowest BCUT2D eigenvalue weighted by Crippen LogP contribution is -2.24. The molecule has 0 saturated carbocycles. The van der Waals surface area contributed by atoms with Crippen molar-refractivity contribution < 1.29 is 9.53 Å². The molecule has 9 heteroatoms. The van der Waals surface area contributed by atoms with Gasteiger partial charge in [-0.2, -0.15) is 0 Å². The number of rotatable bonds is 7. The van der Waals surface area contributed by atoms with E-state index in [4.69, 9.17) is 16.3 Å². The third-order valence-electron chi connectivity index (χ3n) is 3.43. The summed E-state index contributed by atoms with van der Waals surface area (Å²) in [5.74, 6) is 0.633. The number of nitrogens with zero attached hydrogens (tertiary/aromatic N) is 4. The number of nitrogens with one attached hydrogen (secondary N) is 1. The summed E-state index contributed by atoms with van der Waals surface area (Å²) in [4.78, 5) is 16.1. The first kappa shape index (κ1) is 18.2. The maximum atomic E-state index is 12.1. The molecule has 0 saturated heterocycles. The van der Waals surface area contributed by atoms with Crippen molar-refractivity contribution in [2.75, 3.05) is 12.9 Å². The van der Waals surface area contributed by atoms with Crippen molar-refractivity contribution in [2.24, 2.45) is 0 Å². The maximum Gasteiger partial charge on any atom is 0.230 e. The van der Waals surface area contributed by atoms with Gasteiger partial charge in [0.2, 0.25) is 11.8 Å². The molecule has 0 fully saturated rings. The predicted octanol–water partition coefficient (Wildman–Crippen LogP) is 2.73. The number of aromatic nitrogens is 4. The summed E-state index contributed by atoms with van der Waals surface area (Å²) in [6, 6.07) is 11.0. The monoisotopic (exact) mass is 389 g/mol. The average molecular weight is 390 g/mol. The highest BCUT2D eigenvalue weighted by Gasteiger charge is 2.10. The van der Waals surface area contributed by atoms with Gasteiger partial charge in [0.25, 0.3) is 0 Å². The van der Waals surface area contributed by atoms with Crippen LogP contribution in [0.5, 0.6) is 5.88 Å². The zero-order valence-corrected chi connectivity index (χ0v) is 15.5. The van der Waals surface area contributed by atoms with Gasteiger partial charge in [0.1, 0.15) is 6.33 Å². The fourth-order valence-electron chi connectivity index (χ4n) is 2.18. The van der Waals surface area contributed by atoms with Gasteiger partial charge in [-0.15, -0.1) is 10.2 Å². The van der Waals surface area contributed by atoms with Crippen LogP contribution in [0.4, 0.5) is 0 Å². The first-order chi connectivity index (χ1) is 12.7. The number of hydrogen-bond donors (Lipinski definition) is 1. The van der Waals surface area contributed by atoms with E-state index in [1.807, 2.05) is 24.3 Å². The fraction of sp³-hybridized carbons (Fsp3) is 0.176. The predicted molar refractivity (Wildman–Crippen MR) is 99.7 cm³/mol. The van der Waals surface area contributed by atoms with Crippen LogP contribution in [0.3, 0.4) is 0 Å². The Labute approximate surface area is 159 Å². The van der Waals surface area contributed by atoms with Crippen LogP contribution in [0.1, 0.15) is 5.56 Å². The number of methoxy groups -OCH3 is 1. The van der Waals surface area contributed by atoms with E-state index in [2.05, 4.69) is 20.5 Å². The van der Waals surface area contributed by atoms with Crippen molar-refractivity contribution in [3.8, 4) is 11.6 Å². The summed E-state index contributed by atoms with van der Waals surface area (Å²) in [6.45, 7) is 0.402. The SMILES string of the molecule is COc1cc(CNC(=O)CSc2nncn2-c2cccc(Cl)c2)ccn1. The van der Waals surface area contributed by atoms with E-state index in [1.165, 1.54) is 11.8 Å². The Balaban J connectivity index is 1.56. The molecule has 0 aliphatic heterocycles. The van der Waals surface area contributed by atoms with Crippen molar-refractivity contribution in [3.63, 3.8) is 0 Å². The number of hydrogen-bond acceptors (Lipinski definition) is 6. The second-order valence-corrected chi connectivity index (χ2v) is 6.61. The highest BCUT2D eigenvalue weighted by molar-refractivity contribution is 7.99. The van der Waals surface area contributed by atoms with E-state index >= 15 is 0 Å². The number of pyridine rings is 1. The Morgan fingerprint density at radius 2 is 2.23 bits per heavy atom. The largest absolute Gasteiger partial charge is 0.481 e. The zero-order valence-electron chi connectivity index (χ0n) is 13.9. The van der Waals surface area contributed by atoms with Gasteiger partial charge in [-0.05, 0) is 29.8 Å². The summed E-state index contributed by atoms with van der Waals surface area (Å²) in [7, 11) is 1.55. The van der Waals surface area contributed by atoms with Gasteiger partial charge < -0.3 is 10.1 Å². The Hall–Kier alpha value is -2.58. The molecule has 0 aliphatic carbocycles. The molecule has 1 aromatic carbocycles. The molecule has 0 aliphatic rings. The molecule has 3 aromatic rings. The molecule has 7 nitrogen and oxygen atoms in total. The zero-order chi connectivity index (χ0) is 18.4. The van der Waals surface area contributed by atoms with Crippen LogP contribution in [-0.2, 0) is 11.3 Å². The van der Waals surface area contributed by atoms with Crippen LogP contribution < -0.4 is 10.1 Å². The van der Waals surface area contributed by atoms with Crippen LogP contribution in [0, 0.1) is 0 Å². The highest BCUT2D eigenvalue weighted by Crippen LogP contribution is 2.21. The molecule has 0 radical (unpaired) electrons. The highest BCUT2D eigenvalue weighted by atomic mass is 35.5. The molecule has 3 rings (SSSR count). The molecule has 134 valence electrons. The van der Waals surface area contributed by atoms with Crippen LogP contribution in [0.25, 0.3) is 5.69 Å². The fourth-order valence-corrected chi connectivity index (χ4v) is 3.12. The number of halogens is 1. The molecule has 2 heterocycles. The lowest BCUT2D eigenvalue weighted by atomic mass is 10.2. The first-order valence-corrected chi connectivity index (χ1v) is 9.06. The lowest BCUT2D eigenvalue weighted by Gasteiger charge is -2.08. The quantitative estimate of drug-likeness (QED) is 0.626. The Kier molecular flexibility index (Phi) is 6.08. The van der Waals surface area contributed by atoms with Gasteiger partial charge in [0.15, 0.2) is 5.16 Å². The molecule has 2 aromatic heterocycles. The van der Waals surface area contributed by atoms with Crippen molar-refractivity contribution in [1.29, 1.82) is 0 Å². The number of carbonyl (C=O) groups excluding carboxylic acids is 1. The normalized spacial score (nSPS) is 10.5. The van der Waals surface area contributed by atoms with Gasteiger partial charge in [-0.1, -0.05) is 29.4 Å². The molecule has 26 heavy (non-hydrogen) atoms. The molecular formula is C17H16ClN5O2S. The van der Waals surface area contributed by atoms with E-state index in [-0.39, 0.29) is 11.7 Å². The second kappa shape index (κ2) is 8.68. The van der Waals surface area contributed by atoms with E-state index in [0.29, 0.717) is 22.6 Å². The minimum Gasteiger partial charge on any atom is -0.481 e. The van der Waals surface area contributed by atoms with Crippen LogP contribution in [-0.4, -0.2) is 38.5 Å². The molecule has 0 atom stereocenters. The second-order valence-electron chi connectivity index (χ2n) is 5.24. The smallest absolute Gasteiger partial charge is 0.230 e. The molecule has 1 N–H and O–H groups in total. The van der Waals surface area contributed by atoms with Gasteiger partial charge >= 0.3 is 0 Å². The Morgan fingerprint density at radius 1 is 1.35 bits per heavy atom. The third kappa shape index (κ3) is 4.74. The number of benzene rings is 1. The lowest BCUT2D eigenvalue weighted by molar-refractivity contribution is -0.118. The van der Waals surface area contributed by atoms with Crippen LogP contribution in [0.15, 0.2) is 54.1 Å². The third-order valence-corrected chi connectivity index (χ3v) is 4.61. The van der Waals surface area contributed by atoms with E-state index in [9.17, 15) is 4.79 Å². The average Bonchev–Trinajstić information content (AvgIpc) is 3.13. The molecule has 0 bridgehead atoms. The van der Waals surface area contributed by atoms with Crippen molar-refractivity contribution in [1.82, 2.24) is 25.1 Å². The van der Waals surface area contributed by atoms with E-state index in [0.717, 1.165) is 11.3 Å². The maximum absolute atomic E-state index is 12.1. The summed E-state index contributed by atoms with van der Waals surface area (Å²) >= 11 is 7.33. The number of thioether (sulfide) groups is 1. The first-order valence-electron chi connectivity index (χ1n) is 7.70. The van der Waals surface area contributed by atoms with E-state index < -0.39 is 0 Å². The Morgan fingerprint density at radius 3 is 3.04 bits per heavy atom. The summed E-state index contributed by atoms with van der Waals surface area (Å²) < 4.78 is 6.86. The van der Waals surface area contributed by atoms with Gasteiger partial charge in [0.05, 0.1) is 18.6 Å². The number of carbonyl (C=O) groups is 1.